The minimum atomic E-state index is -3.30. The fraction of sp³-hybridized carbons (Fsp3) is 0.556. The van der Waals surface area contributed by atoms with Crippen LogP contribution in [0.3, 0.4) is 0 Å². The molecule has 0 unspecified atom stereocenters. The van der Waals surface area contributed by atoms with Crippen LogP contribution in [0.25, 0.3) is 10.9 Å². The van der Waals surface area contributed by atoms with E-state index in [1.54, 1.807) is 23.1 Å². The maximum Gasteiger partial charge on any atom is 0.175 e. The molecule has 1 aromatic carbocycles. The van der Waals surface area contributed by atoms with Crippen molar-refractivity contribution in [1.82, 2.24) is 9.88 Å². The summed E-state index contributed by atoms with van der Waals surface area (Å²) in [6.45, 7) is 2.65. The Morgan fingerprint density at radius 2 is 2.22 bits per heavy atom. The van der Waals surface area contributed by atoms with Crippen molar-refractivity contribution in [3.8, 4) is 0 Å². The van der Waals surface area contributed by atoms with Crippen molar-refractivity contribution in [3.63, 3.8) is 0 Å². The van der Waals surface area contributed by atoms with E-state index in [0.29, 0.717) is 17.9 Å². The predicted octanol–water partition coefficient (Wildman–Crippen LogP) is 3.33. The minimum Gasteiger partial charge on any atom is -0.358 e. The molecule has 126 valence electrons. The Morgan fingerprint density at radius 3 is 2.87 bits per heavy atom. The summed E-state index contributed by atoms with van der Waals surface area (Å²) in [6, 6.07) is 5.08. The van der Waals surface area contributed by atoms with E-state index in [4.69, 9.17) is 4.11 Å². The van der Waals surface area contributed by atoms with E-state index in [1.807, 2.05) is 0 Å². The predicted molar refractivity (Wildman–Crippen MR) is 94.9 cm³/mol. The van der Waals surface area contributed by atoms with Gasteiger partial charge in [0.25, 0.3) is 0 Å². The summed E-state index contributed by atoms with van der Waals surface area (Å²) in [5, 5.41) is 0.883. The Bertz CT molecular complexity index is 916. The molecule has 1 aliphatic rings. The molecule has 4 nitrogen and oxygen atoms in total. The van der Waals surface area contributed by atoms with Gasteiger partial charge in [-0.2, -0.15) is 0 Å². The van der Waals surface area contributed by atoms with Gasteiger partial charge in [0, 0.05) is 33.0 Å². The molecule has 23 heavy (non-hydrogen) atoms. The topological polar surface area (TPSA) is 53.2 Å². The monoisotopic (exact) mass is 337 g/mol. The number of nitrogens with zero attached hydrogens (tertiary/aromatic N) is 1. The van der Waals surface area contributed by atoms with Crippen LogP contribution in [0.5, 0.6) is 0 Å². The summed E-state index contributed by atoms with van der Waals surface area (Å²) < 4.78 is 47.3. The number of likely N-dealkylation sites (N-methyl/N-ethyl adjacent to an activating group) is 1. The van der Waals surface area contributed by atoms with Gasteiger partial charge in [-0.3, -0.25) is 0 Å². The second kappa shape index (κ2) is 5.95. The fourth-order valence-electron chi connectivity index (χ4n) is 3.47. The maximum atomic E-state index is 12.0. The zero-order chi connectivity index (χ0) is 19.3. The van der Waals surface area contributed by atoms with Crippen molar-refractivity contribution in [2.75, 3.05) is 19.8 Å². The first-order valence-corrected chi connectivity index (χ1v) is 9.99. The molecule has 0 amide bonds. The highest BCUT2D eigenvalue weighted by molar-refractivity contribution is 7.90. The molecular weight excluding hydrogens is 308 g/mol. The normalized spacial score (nSPS) is 22.4. The fourth-order valence-corrected chi connectivity index (χ4v) is 4.12. The van der Waals surface area contributed by atoms with Gasteiger partial charge >= 0.3 is 0 Å². The van der Waals surface area contributed by atoms with Crippen LogP contribution in [-0.4, -0.2) is 44.1 Å². The summed E-state index contributed by atoms with van der Waals surface area (Å²) in [5.41, 5.74) is 3.00. The molecule has 2 heterocycles. The molecule has 0 spiro atoms. The van der Waals surface area contributed by atoms with Gasteiger partial charge in [-0.25, -0.2) is 8.42 Å². The molecule has 2 aromatic rings. The van der Waals surface area contributed by atoms with Crippen molar-refractivity contribution in [3.05, 3.63) is 29.5 Å². The third kappa shape index (κ3) is 3.17. The SMILES string of the molecule is [2H]C([2H])([2H])N1CCC[C@@H]1Cc1c(C(C)C)[nH]c2ccc(S(C)(=O)=O)cc12. The molecular formula is C18H26N2O2S. The van der Waals surface area contributed by atoms with Gasteiger partial charge in [0.1, 0.15) is 0 Å². The van der Waals surface area contributed by atoms with Crippen LogP contribution in [0.15, 0.2) is 23.1 Å². The van der Waals surface area contributed by atoms with E-state index >= 15 is 0 Å². The highest BCUT2D eigenvalue weighted by Crippen LogP contribution is 2.32. The molecule has 0 radical (unpaired) electrons. The lowest BCUT2D eigenvalue weighted by atomic mass is 9.96. The van der Waals surface area contributed by atoms with Crippen LogP contribution in [0.2, 0.25) is 0 Å². The van der Waals surface area contributed by atoms with E-state index in [-0.39, 0.29) is 12.0 Å². The minimum absolute atomic E-state index is 0.0547. The molecule has 1 fully saturated rings. The quantitative estimate of drug-likeness (QED) is 0.931. The lowest BCUT2D eigenvalue weighted by Crippen LogP contribution is -2.27. The molecule has 0 saturated carbocycles. The second-order valence-electron chi connectivity index (χ2n) is 6.85. The molecule has 0 aliphatic carbocycles. The van der Waals surface area contributed by atoms with Gasteiger partial charge in [-0.15, -0.1) is 0 Å². The van der Waals surface area contributed by atoms with E-state index in [1.165, 1.54) is 6.26 Å². The van der Waals surface area contributed by atoms with Crippen molar-refractivity contribution >= 4 is 20.7 Å². The molecule has 1 aliphatic heterocycles. The Kier molecular flexibility index (Phi) is 3.37. The summed E-state index contributed by atoms with van der Waals surface area (Å²) >= 11 is 0. The molecule has 0 bridgehead atoms. The average molecular weight is 338 g/mol. The van der Waals surface area contributed by atoms with E-state index < -0.39 is 16.8 Å². The Labute approximate surface area is 143 Å². The van der Waals surface area contributed by atoms with Crippen LogP contribution in [-0.2, 0) is 16.3 Å². The van der Waals surface area contributed by atoms with Gasteiger partial charge in [-0.05, 0) is 62.5 Å². The number of fused-ring (bicyclic) bond motifs is 1. The first-order valence-electron chi connectivity index (χ1n) is 9.60. The molecule has 1 saturated heterocycles. The average Bonchev–Trinajstić information content (AvgIpc) is 3.11. The summed E-state index contributed by atoms with van der Waals surface area (Å²) in [7, 11) is -3.30. The zero-order valence-electron chi connectivity index (χ0n) is 16.9. The first kappa shape index (κ1) is 13.0. The molecule has 1 N–H and O–H groups in total. The van der Waals surface area contributed by atoms with E-state index in [2.05, 4.69) is 18.8 Å². The van der Waals surface area contributed by atoms with Crippen molar-refractivity contribution in [2.45, 2.75) is 50.0 Å². The largest absolute Gasteiger partial charge is 0.358 e. The van der Waals surface area contributed by atoms with Crippen molar-refractivity contribution in [1.29, 1.82) is 0 Å². The van der Waals surface area contributed by atoms with Gasteiger partial charge in [0.15, 0.2) is 9.84 Å². The number of benzene rings is 1. The third-order valence-corrected chi connectivity index (χ3v) is 5.84. The van der Waals surface area contributed by atoms with Crippen LogP contribution in [0.4, 0.5) is 0 Å². The number of likely N-dealkylation sites (tertiary alicyclic amines) is 1. The van der Waals surface area contributed by atoms with Crippen molar-refractivity contribution < 1.29 is 12.5 Å². The number of aromatic amines is 1. The van der Waals surface area contributed by atoms with Crippen LogP contribution in [0.1, 0.15) is 48.0 Å². The molecule has 3 rings (SSSR count). The third-order valence-electron chi connectivity index (χ3n) is 4.73. The molecule has 1 atom stereocenters. The zero-order valence-corrected chi connectivity index (χ0v) is 14.7. The van der Waals surface area contributed by atoms with Crippen LogP contribution in [0, 0.1) is 0 Å². The smallest absolute Gasteiger partial charge is 0.175 e. The summed E-state index contributed by atoms with van der Waals surface area (Å²) in [4.78, 5) is 5.31. The molecule has 1 aromatic heterocycles. The van der Waals surface area contributed by atoms with Gasteiger partial charge in [-0.1, -0.05) is 13.8 Å². The second-order valence-corrected chi connectivity index (χ2v) is 8.86. The number of sulfone groups is 1. The lowest BCUT2D eigenvalue weighted by molar-refractivity contribution is 0.309. The summed E-state index contributed by atoms with van der Waals surface area (Å²) in [6.07, 6.45) is 3.53. The van der Waals surface area contributed by atoms with Crippen molar-refractivity contribution in [2.24, 2.45) is 0 Å². The van der Waals surface area contributed by atoms with E-state index in [0.717, 1.165) is 35.0 Å². The number of hydrogen-bond acceptors (Lipinski definition) is 3. The number of H-pyrrole nitrogens is 1. The Balaban J connectivity index is 2.09. The van der Waals surface area contributed by atoms with Gasteiger partial charge in [0.05, 0.1) is 4.90 Å². The number of hydrogen-bond donors (Lipinski definition) is 1. The highest BCUT2D eigenvalue weighted by atomic mass is 32.2. The van der Waals surface area contributed by atoms with Gasteiger partial charge in [0.2, 0.25) is 0 Å². The van der Waals surface area contributed by atoms with Crippen LogP contribution < -0.4 is 0 Å². The number of nitrogens with one attached hydrogen (secondary N) is 1. The Morgan fingerprint density at radius 1 is 1.43 bits per heavy atom. The maximum absolute atomic E-state index is 12.0. The Hall–Kier alpha value is -1.33. The van der Waals surface area contributed by atoms with Crippen LogP contribution >= 0.6 is 0 Å². The van der Waals surface area contributed by atoms with Gasteiger partial charge < -0.3 is 9.88 Å². The first-order chi connectivity index (χ1) is 12.0. The number of rotatable bonds is 4. The molecule has 5 heteroatoms. The standard InChI is InChI=1S/C18H26N2O2S/c1-12(2)18-16(10-13-6-5-9-20(13)3)15-11-14(23(4,21)22)7-8-17(15)19-18/h7-8,11-13,19H,5-6,9-10H2,1-4H3/t13-/m1/s1/i3D3. The van der Waals surface area contributed by atoms with E-state index in [9.17, 15) is 8.42 Å². The lowest BCUT2D eigenvalue weighted by Gasteiger charge is -2.20. The summed E-state index contributed by atoms with van der Waals surface area (Å²) in [5.74, 6) is 0.238. The number of aromatic nitrogens is 1. The highest BCUT2D eigenvalue weighted by Gasteiger charge is 2.25.